The summed E-state index contributed by atoms with van der Waals surface area (Å²) in [5, 5.41) is 13.4. The molecule has 1 saturated heterocycles. The molecule has 0 aromatic heterocycles. The summed E-state index contributed by atoms with van der Waals surface area (Å²) in [4.78, 5) is 17.5. The molecule has 7 heteroatoms. The van der Waals surface area contributed by atoms with E-state index in [1.807, 2.05) is 66.7 Å². The smallest absolute Gasteiger partial charge is 0.338 e. The van der Waals surface area contributed by atoms with Crippen LogP contribution >= 0.6 is 0 Å². The van der Waals surface area contributed by atoms with Gasteiger partial charge in [0.15, 0.2) is 17.7 Å². The second kappa shape index (κ2) is 9.56. The molecule has 0 bridgehead atoms. The standard InChI is InChI=1S/C30H33NO5Si/c1-29(2,3)37(22-16-10-6-11-17-22,23-18-12-7-13-19-23)34-20-24(32)25-26-30(4,28(33)35-25)31-27(36-26)21-14-8-5-9-15-21/h5-19,24-26,32H,20H2,1-4H3/t24-,25+,26-,30-/m0/s1. The van der Waals surface area contributed by atoms with Crippen LogP contribution in [0.4, 0.5) is 0 Å². The number of cyclic esters (lactones) is 1. The van der Waals surface area contributed by atoms with E-state index in [4.69, 9.17) is 13.9 Å². The Bertz CT molecular complexity index is 1240. The molecule has 0 unspecified atom stereocenters. The third-order valence-corrected chi connectivity index (χ3v) is 12.4. The van der Waals surface area contributed by atoms with E-state index in [-0.39, 0.29) is 11.6 Å². The van der Waals surface area contributed by atoms with Crippen LogP contribution in [-0.2, 0) is 18.7 Å². The predicted molar refractivity (Wildman–Crippen MR) is 146 cm³/mol. The monoisotopic (exact) mass is 515 g/mol. The number of hydrogen-bond acceptors (Lipinski definition) is 6. The molecule has 1 N–H and O–H groups in total. The van der Waals surface area contributed by atoms with Crippen LogP contribution in [0.5, 0.6) is 0 Å². The third kappa shape index (κ3) is 4.31. The highest BCUT2D eigenvalue weighted by Gasteiger charge is 2.62. The lowest BCUT2D eigenvalue weighted by molar-refractivity contribution is -0.149. The molecule has 6 nitrogen and oxygen atoms in total. The fraction of sp³-hybridized carbons (Fsp3) is 0.333. The van der Waals surface area contributed by atoms with Crippen LogP contribution in [0.15, 0.2) is 96.0 Å². The fourth-order valence-corrected chi connectivity index (χ4v) is 10.0. The van der Waals surface area contributed by atoms with Crippen molar-refractivity contribution in [1.82, 2.24) is 0 Å². The number of carbonyl (C=O) groups is 1. The summed E-state index contributed by atoms with van der Waals surface area (Å²) in [6, 6.07) is 29.9. The van der Waals surface area contributed by atoms with E-state index in [1.54, 1.807) is 6.92 Å². The van der Waals surface area contributed by atoms with Crippen LogP contribution in [0.2, 0.25) is 5.04 Å². The largest absolute Gasteiger partial charge is 0.467 e. The maximum Gasteiger partial charge on any atom is 0.338 e. The first-order valence-corrected chi connectivity index (χ1v) is 14.5. The van der Waals surface area contributed by atoms with E-state index in [9.17, 15) is 9.90 Å². The molecule has 192 valence electrons. The summed E-state index contributed by atoms with van der Waals surface area (Å²) in [6.45, 7) is 8.22. The molecule has 0 aliphatic carbocycles. The summed E-state index contributed by atoms with van der Waals surface area (Å²) in [7, 11) is -2.87. The maximum atomic E-state index is 12.9. The van der Waals surface area contributed by atoms with E-state index in [0.29, 0.717) is 5.90 Å². The molecule has 0 amide bonds. The Morgan fingerprint density at radius 3 is 1.95 bits per heavy atom. The zero-order valence-electron chi connectivity index (χ0n) is 21.6. The van der Waals surface area contributed by atoms with Gasteiger partial charge in [0, 0.05) is 5.56 Å². The van der Waals surface area contributed by atoms with Crippen molar-refractivity contribution < 1.29 is 23.8 Å². The lowest BCUT2D eigenvalue weighted by Crippen LogP contribution is -2.67. The first-order chi connectivity index (χ1) is 17.7. The number of hydrogen-bond donors (Lipinski definition) is 1. The Hall–Kier alpha value is -3.26. The number of benzene rings is 3. The van der Waals surface area contributed by atoms with Crippen molar-refractivity contribution in [2.75, 3.05) is 6.61 Å². The number of aliphatic hydroxyl groups excluding tert-OH is 1. The minimum atomic E-state index is -2.87. The lowest BCUT2D eigenvalue weighted by atomic mass is 9.93. The van der Waals surface area contributed by atoms with Crippen LogP contribution in [-0.4, -0.2) is 55.7 Å². The Balaban J connectivity index is 1.44. The molecular weight excluding hydrogens is 482 g/mol. The Morgan fingerprint density at radius 2 is 1.43 bits per heavy atom. The molecule has 3 aromatic carbocycles. The number of ether oxygens (including phenoxy) is 2. The van der Waals surface area contributed by atoms with Gasteiger partial charge in [0.05, 0.1) is 6.61 Å². The zero-order chi connectivity index (χ0) is 26.3. The van der Waals surface area contributed by atoms with Gasteiger partial charge in [-0.1, -0.05) is 99.6 Å². The molecular formula is C30H33NO5Si. The van der Waals surface area contributed by atoms with Crippen molar-refractivity contribution in [2.45, 2.75) is 56.6 Å². The van der Waals surface area contributed by atoms with Crippen LogP contribution in [0.1, 0.15) is 33.3 Å². The summed E-state index contributed by atoms with van der Waals surface area (Å²) in [5.41, 5.74) is -0.434. The third-order valence-electron chi connectivity index (χ3n) is 7.37. The molecule has 2 aliphatic heterocycles. The van der Waals surface area contributed by atoms with Gasteiger partial charge in [0.25, 0.3) is 8.32 Å². The molecule has 3 aromatic rings. The van der Waals surface area contributed by atoms with Crippen molar-refractivity contribution in [3.05, 3.63) is 96.6 Å². The highest BCUT2D eigenvalue weighted by Crippen LogP contribution is 2.40. The van der Waals surface area contributed by atoms with Crippen LogP contribution in [0.3, 0.4) is 0 Å². The summed E-state index contributed by atoms with van der Waals surface area (Å²) >= 11 is 0. The second-order valence-electron chi connectivity index (χ2n) is 10.9. The number of aliphatic hydroxyl groups is 1. The van der Waals surface area contributed by atoms with Gasteiger partial charge < -0.3 is 19.0 Å². The van der Waals surface area contributed by atoms with Gasteiger partial charge in [-0.25, -0.2) is 9.79 Å². The maximum absolute atomic E-state index is 12.9. The molecule has 2 heterocycles. The summed E-state index contributed by atoms with van der Waals surface area (Å²) < 4.78 is 18.7. The topological polar surface area (TPSA) is 77.4 Å². The van der Waals surface area contributed by atoms with Gasteiger partial charge in [-0.2, -0.15) is 0 Å². The van der Waals surface area contributed by atoms with E-state index >= 15 is 0 Å². The molecule has 0 radical (unpaired) electrons. The van der Waals surface area contributed by atoms with Gasteiger partial charge in [-0.05, 0) is 34.5 Å². The number of aliphatic imine (C=N–C) groups is 1. The van der Waals surface area contributed by atoms with Crippen molar-refractivity contribution in [2.24, 2.45) is 4.99 Å². The SMILES string of the molecule is CC(C)(C)[Si](OC[C@H](O)[C@H]1OC(=O)[C@@]2(C)N=C(c3ccccc3)O[C@@H]12)(c1ccccc1)c1ccccc1. The van der Waals surface area contributed by atoms with Gasteiger partial charge >= 0.3 is 5.97 Å². The zero-order valence-corrected chi connectivity index (χ0v) is 22.6. The molecule has 2 aliphatic rings. The van der Waals surface area contributed by atoms with Crippen molar-refractivity contribution in [1.29, 1.82) is 0 Å². The van der Waals surface area contributed by atoms with Gasteiger partial charge in [0.2, 0.25) is 5.90 Å². The van der Waals surface area contributed by atoms with Crippen molar-refractivity contribution >= 4 is 30.6 Å². The number of nitrogens with zero attached hydrogens (tertiary/aromatic N) is 1. The second-order valence-corrected chi connectivity index (χ2v) is 15.2. The van der Waals surface area contributed by atoms with Crippen LogP contribution in [0.25, 0.3) is 0 Å². The average molecular weight is 516 g/mol. The van der Waals surface area contributed by atoms with E-state index in [1.165, 1.54) is 0 Å². The first kappa shape index (κ1) is 25.4. The quantitative estimate of drug-likeness (QED) is 0.385. The molecule has 1 fully saturated rings. The van der Waals surface area contributed by atoms with E-state index in [2.05, 4.69) is 50.0 Å². The predicted octanol–water partition coefficient (Wildman–Crippen LogP) is 3.45. The highest BCUT2D eigenvalue weighted by atomic mass is 28.4. The average Bonchev–Trinajstić information content (AvgIpc) is 3.37. The van der Waals surface area contributed by atoms with Gasteiger partial charge in [0.1, 0.15) is 6.10 Å². The Kier molecular flexibility index (Phi) is 6.56. The van der Waals surface area contributed by atoms with Crippen molar-refractivity contribution in [3.8, 4) is 0 Å². The van der Waals surface area contributed by atoms with Gasteiger partial charge in [-0.3, -0.25) is 0 Å². The molecule has 37 heavy (non-hydrogen) atoms. The number of carbonyl (C=O) groups excluding carboxylic acids is 1. The first-order valence-electron chi connectivity index (χ1n) is 12.6. The molecule has 0 saturated carbocycles. The normalized spacial score (nSPS) is 24.1. The number of fused-ring (bicyclic) bond motifs is 1. The van der Waals surface area contributed by atoms with Gasteiger partial charge in [-0.15, -0.1) is 0 Å². The number of rotatable bonds is 7. The molecule has 0 spiro atoms. The van der Waals surface area contributed by atoms with E-state index < -0.39 is 38.1 Å². The fourth-order valence-electron chi connectivity index (χ4n) is 5.45. The number of esters is 1. The van der Waals surface area contributed by atoms with Crippen LogP contribution in [0, 0.1) is 0 Å². The Labute approximate surface area is 219 Å². The van der Waals surface area contributed by atoms with Crippen molar-refractivity contribution in [3.63, 3.8) is 0 Å². The highest BCUT2D eigenvalue weighted by molar-refractivity contribution is 6.99. The summed E-state index contributed by atoms with van der Waals surface area (Å²) in [6.07, 6.45) is -2.74. The minimum Gasteiger partial charge on any atom is -0.467 e. The molecule has 5 rings (SSSR count). The minimum absolute atomic E-state index is 0.0121. The summed E-state index contributed by atoms with van der Waals surface area (Å²) in [5.74, 6) is -0.118. The van der Waals surface area contributed by atoms with E-state index in [0.717, 1.165) is 15.9 Å². The Morgan fingerprint density at radius 1 is 0.919 bits per heavy atom. The lowest BCUT2D eigenvalue weighted by Gasteiger charge is -2.43. The molecule has 4 atom stereocenters. The van der Waals surface area contributed by atoms with Crippen LogP contribution < -0.4 is 10.4 Å².